The van der Waals surface area contributed by atoms with E-state index >= 15 is 0 Å². The predicted molar refractivity (Wildman–Crippen MR) is 117 cm³/mol. The quantitative estimate of drug-likeness (QED) is 0.684. The molecule has 1 aliphatic heterocycles. The number of carbonyl (C=O) groups is 1. The SMILES string of the molecule is O=C(NCc1ccccc1F)N1CCN(C(c2ccccc2)c2ccccc2)CC1. The Kier molecular flexibility index (Phi) is 6.40. The van der Waals surface area contributed by atoms with Gasteiger partial charge in [-0.3, -0.25) is 4.90 Å². The Balaban J connectivity index is 1.40. The maximum Gasteiger partial charge on any atom is 0.317 e. The van der Waals surface area contributed by atoms with E-state index in [9.17, 15) is 9.18 Å². The number of carbonyl (C=O) groups excluding carboxylic acids is 1. The molecule has 3 aromatic rings. The second-order valence-electron chi connectivity index (χ2n) is 7.50. The number of nitrogens with zero attached hydrogens (tertiary/aromatic N) is 2. The van der Waals surface area contributed by atoms with Crippen molar-refractivity contribution in [2.45, 2.75) is 12.6 Å². The van der Waals surface area contributed by atoms with E-state index in [0.29, 0.717) is 18.7 Å². The third-order valence-corrected chi connectivity index (χ3v) is 5.59. The summed E-state index contributed by atoms with van der Waals surface area (Å²) >= 11 is 0. The second kappa shape index (κ2) is 9.55. The van der Waals surface area contributed by atoms with Crippen LogP contribution in [0.25, 0.3) is 0 Å². The molecular weight excluding hydrogens is 377 g/mol. The highest BCUT2D eigenvalue weighted by Crippen LogP contribution is 2.29. The van der Waals surface area contributed by atoms with Gasteiger partial charge >= 0.3 is 6.03 Å². The molecule has 1 aliphatic rings. The first-order valence-electron chi connectivity index (χ1n) is 10.3. The van der Waals surface area contributed by atoms with Gasteiger partial charge < -0.3 is 10.2 Å². The van der Waals surface area contributed by atoms with E-state index in [1.807, 2.05) is 17.0 Å². The summed E-state index contributed by atoms with van der Waals surface area (Å²) < 4.78 is 13.8. The van der Waals surface area contributed by atoms with Crippen molar-refractivity contribution in [1.29, 1.82) is 0 Å². The average Bonchev–Trinajstić information content (AvgIpc) is 2.80. The molecule has 154 valence electrons. The van der Waals surface area contributed by atoms with Crippen LogP contribution in [-0.4, -0.2) is 42.0 Å². The highest BCUT2D eigenvalue weighted by Gasteiger charge is 2.28. The molecule has 4 nitrogen and oxygen atoms in total. The Labute approximate surface area is 176 Å². The van der Waals surface area contributed by atoms with Gasteiger partial charge in [0, 0.05) is 38.3 Å². The zero-order valence-corrected chi connectivity index (χ0v) is 16.9. The van der Waals surface area contributed by atoms with Gasteiger partial charge in [0.05, 0.1) is 6.04 Å². The molecule has 1 heterocycles. The minimum absolute atomic E-state index is 0.145. The first kappa shape index (κ1) is 20.1. The monoisotopic (exact) mass is 403 g/mol. The fourth-order valence-electron chi connectivity index (χ4n) is 3.99. The zero-order chi connectivity index (χ0) is 20.8. The molecule has 5 heteroatoms. The lowest BCUT2D eigenvalue weighted by Crippen LogP contribution is -2.52. The van der Waals surface area contributed by atoms with E-state index in [4.69, 9.17) is 0 Å². The third kappa shape index (κ3) is 4.69. The van der Waals surface area contributed by atoms with E-state index < -0.39 is 0 Å². The molecule has 0 aliphatic carbocycles. The zero-order valence-electron chi connectivity index (χ0n) is 16.9. The average molecular weight is 404 g/mol. The fraction of sp³-hybridized carbons (Fsp3) is 0.240. The fourth-order valence-corrected chi connectivity index (χ4v) is 3.99. The van der Waals surface area contributed by atoms with Crippen molar-refractivity contribution in [2.75, 3.05) is 26.2 Å². The largest absolute Gasteiger partial charge is 0.334 e. The topological polar surface area (TPSA) is 35.6 Å². The van der Waals surface area contributed by atoms with Crippen LogP contribution in [0.1, 0.15) is 22.7 Å². The number of halogens is 1. The number of hydrogen-bond acceptors (Lipinski definition) is 2. The van der Waals surface area contributed by atoms with Crippen molar-refractivity contribution in [2.24, 2.45) is 0 Å². The van der Waals surface area contributed by atoms with Crippen molar-refractivity contribution in [1.82, 2.24) is 15.1 Å². The summed E-state index contributed by atoms with van der Waals surface area (Å²) in [7, 11) is 0. The Morgan fingerprint density at radius 1 is 0.800 bits per heavy atom. The summed E-state index contributed by atoms with van der Waals surface area (Å²) in [4.78, 5) is 16.8. The van der Waals surface area contributed by atoms with Crippen LogP contribution in [0.4, 0.5) is 9.18 Å². The molecule has 1 saturated heterocycles. The van der Waals surface area contributed by atoms with E-state index in [1.165, 1.54) is 17.2 Å². The molecule has 1 N–H and O–H groups in total. The van der Waals surface area contributed by atoms with Crippen LogP contribution >= 0.6 is 0 Å². The van der Waals surface area contributed by atoms with Gasteiger partial charge in [0.1, 0.15) is 5.82 Å². The van der Waals surface area contributed by atoms with Gasteiger partial charge in [-0.05, 0) is 17.2 Å². The van der Waals surface area contributed by atoms with Crippen LogP contribution in [-0.2, 0) is 6.54 Å². The maximum absolute atomic E-state index is 13.8. The van der Waals surface area contributed by atoms with E-state index in [0.717, 1.165) is 13.1 Å². The Morgan fingerprint density at radius 2 is 1.33 bits per heavy atom. The van der Waals surface area contributed by atoms with Crippen LogP contribution in [0.3, 0.4) is 0 Å². The first-order chi connectivity index (χ1) is 14.7. The molecule has 2 amide bonds. The smallest absolute Gasteiger partial charge is 0.317 e. The van der Waals surface area contributed by atoms with Crippen LogP contribution in [0.15, 0.2) is 84.9 Å². The lowest BCUT2D eigenvalue weighted by molar-refractivity contribution is 0.120. The summed E-state index contributed by atoms with van der Waals surface area (Å²) in [6, 6.07) is 27.5. The molecule has 4 rings (SSSR count). The summed E-state index contributed by atoms with van der Waals surface area (Å²) in [6.45, 7) is 3.03. The van der Waals surface area contributed by atoms with E-state index in [2.05, 4.69) is 58.7 Å². The number of amides is 2. The minimum Gasteiger partial charge on any atom is -0.334 e. The van der Waals surface area contributed by atoms with Crippen molar-refractivity contribution in [3.05, 3.63) is 107 Å². The summed E-state index contributed by atoms with van der Waals surface area (Å²) in [5.74, 6) is -0.295. The highest BCUT2D eigenvalue weighted by molar-refractivity contribution is 5.74. The summed E-state index contributed by atoms with van der Waals surface area (Å²) in [5.41, 5.74) is 3.00. The molecular formula is C25H26FN3O. The van der Waals surface area contributed by atoms with Crippen molar-refractivity contribution in [3.8, 4) is 0 Å². The third-order valence-electron chi connectivity index (χ3n) is 5.59. The molecule has 1 fully saturated rings. The number of urea groups is 1. The van der Waals surface area contributed by atoms with Gasteiger partial charge in [-0.25, -0.2) is 9.18 Å². The van der Waals surface area contributed by atoms with Gasteiger partial charge in [0.25, 0.3) is 0 Å². The molecule has 0 atom stereocenters. The molecule has 0 spiro atoms. The number of nitrogens with one attached hydrogen (secondary N) is 1. The number of benzene rings is 3. The minimum atomic E-state index is -0.295. The lowest BCUT2D eigenvalue weighted by atomic mass is 9.96. The normalized spacial score (nSPS) is 14.7. The number of hydrogen-bond donors (Lipinski definition) is 1. The lowest BCUT2D eigenvalue weighted by Gasteiger charge is -2.39. The summed E-state index contributed by atoms with van der Waals surface area (Å²) in [6.07, 6.45) is 0. The number of rotatable bonds is 5. The van der Waals surface area contributed by atoms with Gasteiger partial charge in [-0.1, -0.05) is 78.9 Å². The van der Waals surface area contributed by atoms with Crippen molar-refractivity contribution < 1.29 is 9.18 Å². The molecule has 3 aromatic carbocycles. The van der Waals surface area contributed by atoms with Crippen LogP contribution < -0.4 is 5.32 Å². The Bertz CT molecular complexity index is 917. The van der Waals surface area contributed by atoms with Crippen LogP contribution in [0, 0.1) is 5.82 Å². The standard InChI is InChI=1S/C25H26FN3O/c26-23-14-8-7-13-22(23)19-27-25(30)29-17-15-28(16-18-29)24(20-9-3-1-4-10-20)21-11-5-2-6-12-21/h1-14,24H,15-19H2,(H,27,30). The van der Waals surface area contributed by atoms with E-state index in [-0.39, 0.29) is 24.4 Å². The van der Waals surface area contributed by atoms with Crippen LogP contribution in [0.5, 0.6) is 0 Å². The first-order valence-corrected chi connectivity index (χ1v) is 10.3. The Hall–Kier alpha value is -3.18. The van der Waals surface area contributed by atoms with Crippen molar-refractivity contribution >= 4 is 6.03 Å². The molecule has 0 unspecified atom stereocenters. The molecule has 0 aromatic heterocycles. The number of piperazine rings is 1. The van der Waals surface area contributed by atoms with Gasteiger partial charge in [0.15, 0.2) is 0 Å². The van der Waals surface area contributed by atoms with Crippen LogP contribution in [0.2, 0.25) is 0 Å². The molecule has 0 saturated carbocycles. The Morgan fingerprint density at radius 3 is 1.90 bits per heavy atom. The molecule has 0 radical (unpaired) electrons. The van der Waals surface area contributed by atoms with Gasteiger partial charge in [0.2, 0.25) is 0 Å². The molecule has 0 bridgehead atoms. The highest BCUT2D eigenvalue weighted by atomic mass is 19.1. The second-order valence-corrected chi connectivity index (χ2v) is 7.50. The molecule has 30 heavy (non-hydrogen) atoms. The van der Waals surface area contributed by atoms with Gasteiger partial charge in [-0.15, -0.1) is 0 Å². The maximum atomic E-state index is 13.8. The van der Waals surface area contributed by atoms with E-state index in [1.54, 1.807) is 18.2 Å². The van der Waals surface area contributed by atoms with Crippen molar-refractivity contribution in [3.63, 3.8) is 0 Å². The summed E-state index contributed by atoms with van der Waals surface area (Å²) in [5, 5.41) is 2.85. The van der Waals surface area contributed by atoms with Gasteiger partial charge in [-0.2, -0.15) is 0 Å². The predicted octanol–water partition coefficient (Wildman–Crippen LogP) is 4.44.